The Balaban J connectivity index is 2.19. The predicted octanol–water partition coefficient (Wildman–Crippen LogP) is 2.35. The molecule has 0 N–H and O–H groups in total. The van der Waals surface area contributed by atoms with E-state index in [1.807, 2.05) is 13.8 Å². The summed E-state index contributed by atoms with van der Waals surface area (Å²) in [6.07, 6.45) is 0.133. The second kappa shape index (κ2) is 3.65. The Labute approximate surface area is 88.1 Å². The van der Waals surface area contributed by atoms with Gasteiger partial charge in [-0.25, -0.2) is 4.39 Å². The summed E-state index contributed by atoms with van der Waals surface area (Å²) in [5.74, 6) is 0.209. The van der Waals surface area contributed by atoms with Crippen molar-refractivity contribution < 1.29 is 13.9 Å². The van der Waals surface area contributed by atoms with E-state index in [0.29, 0.717) is 12.2 Å². The van der Waals surface area contributed by atoms with E-state index in [-0.39, 0.29) is 17.5 Å². The highest BCUT2D eigenvalue weighted by molar-refractivity contribution is 5.86. The molecule has 3 heteroatoms. The second-order valence-electron chi connectivity index (χ2n) is 4.12. The van der Waals surface area contributed by atoms with E-state index < -0.39 is 6.10 Å². The van der Waals surface area contributed by atoms with Gasteiger partial charge in [0.25, 0.3) is 0 Å². The molecular formula is C12H13FO2. The van der Waals surface area contributed by atoms with Crippen LogP contribution in [-0.2, 0) is 11.2 Å². The maximum Gasteiger partial charge on any atom is 0.176 e. The van der Waals surface area contributed by atoms with Gasteiger partial charge in [-0.1, -0.05) is 19.9 Å². The number of carbonyl (C=O) groups excluding carboxylic acids is 1. The van der Waals surface area contributed by atoms with Crippen LogP contribution < -0.4 is 4.74 Å². The molecule has 0 spiro atoms. The fourth-order valence-corrected chi connectivity index (χ4v) is 1.73. The molecule has 0 aliphatic carbocycles. The van der Waals surface area contributed by atoms with Gasteiger partial charge in [-0.2, -0.15) is 0 Å². The van der Waals surface area contributed by atoms with Crippen molar-refractivity contribution in [2.45, 2.75) is 26.4 Å². The molecule has 0 amide bonds. The first-order chi connectivity index (χ1) is 7.08. The minimum absolute atomic E-state index is 0.0471. The summed E-state index contributed by atoms with van der Waals surface area (Å²) < 4.78 is 18.3. The van der Waals surface area contributed by atoms with Gasteiger partial charge in [0, 0.05) is 18.4 Å². The van der Waals surface area contributed by atoms with Gasteiger partial charge in [0.05, 0.1) is 0 Å². The molecule has 0 radical (unpaired) electrons. The highest BCUT2D eigenvalue weighted by atomic mass is 19.1. The molecule has 1 unspecified atom stereocenters. The zero-order chi connectivity index (χ0) is 11.0. The average Bonchev–Trinajstić information content (AvgIpc) is 2.58. The first-order valence-electron chi connectivity index (χ1n) is 5.06. The van der Waals surface area contributed by atoms with Gasteiger partial charge >= 0.3 is 0 Å². The van der Waals surface area contributed by atoms with Crippen LogP contribution in [0.2, 0.25) is 0 Å². The maximum atomic E-state index is 12.9. The standard InChI is InChI=1S/C12H13FO2/c1-7(2)12(14)11-5-8-3-4-9(13)6-10(8)15-11/h3-4,6-7,11H,5H2,1-2H3. The van der Waals surface area contributed by atoms with E-state index in [1.54, 1.807) is 6.07 Å². The van der Waals surface area contributed by atoms with E-state index in [4.69, 9.17) is 4.74 Å². The van der Waals surface area contributed by atoms with E-state index >= 15 is 0 Å². The molecule has 1 aliphatic rings. The number of halogens is 1. The predicted molar refractivity (Wildman–Crippen MR) is 54.4 cm³/mol. The minimum Gasteiger partial charge on any atom is -0.482 e. The Morgan fingerprint density at radius 1 is 1.53 bits per heavy atom. The number of ether oxygens (including phenoxy) is 1. The summed E-state index contributed by atoms with van der Waals surface area (Å²) in [7, 11) is 0. The Morgan fingerprint density at radius 3 is 2.93 bits per heavy atom. The third-order valence-corrected chi connectivity index (χ3v) is 2.59. The van der Waals surface area contributed by atoms with E-state index in [2.05, 4.69) is 0 Å². The summed E-state index contributed by atoms with van der Waals surface area (Å²) >= 11 is 0. The Morgan fingerprint density at radius 2 is 2.27 bits per heavy atom. The zero-order valence-corrected chi connectivity index (χ0v) is 8.79. The molecule has 15 heavy (non-hydrogen) atoms. The molecule has 0 fully saturated rings. The minimum atomic E-state index is -0.429. The number of fused-ring (bicyclic) bond motifs is 1. The molecule has 0 bridgehead atoms. The van der Waals surface area contributed by atoms with Gasteiger partial charge in [0.15, 0.2) is 11.9 Å². The number of Topliss-reactive ketones (excluding diaryl/α,β-unsaturated/α-hetero) is 1. The Kier molecular flexibility index (Phi) is 2.47. The number of ketones is 1. The van der Waals surface area contributed by atoms with Gasteiger partial charge in [0.1, 0.15) is 11.6 Å². The molecule has 1 aromatic rings. The number of hydrogen-bond donors (Lipinski definition) is 0. The van der Waals surface area contributed by atoms with Crippen LogP contribution in [0.1, 0.15) is 19.4 Å². The largest absolute Gasteiger partial charge is 0.482 e. The lowest BCUT2D eigenvalue weighted by atomic mass is 10.00. The molecule has 1 heterocycles. The Hall–Kier alpha value is -1.38. The smallest absolute Gasteiger partial charge is 0.176 e. The van der Waals surface area contributed by atoms with Crippen LogP contribution in [-0.4, -0.2) is 11.9 Å². The van der Waals surface area contributed by atoms with E-state index in [9.17, 15) is 9.18 Å². The first-order valence-corrected chi connectivity index (χ1v) is 5.06. The van der Waals surface area contributed by atoms with Gasteiger partial charge in [-0.05, 0) is 11.6 Å². The van der Waals surface area contributed by atoms with Crippen molar-refractivity contribution in [1.82, 2.24) is 0 Å². The van der Waals surface area contributed by atoms with Crippen molar-refractivity contribution in [3.63, 3.8) is 0 Å². The third-order valence-electron chi connectivity index (χ3n) is 2.59. The highest BCUT2D eigenvalue weighted by Crippen LogP contribution is 2.30. The van der Waals surface area contributed by atoms with Crippen molar-refractivity contribution in [2.75, 3.05) is 0 Å². The van der Waals surface area contributed by atoms with Crippen LogP contribution >= 0.6 is 0 Å². The van der Waals surface area contributed by atoms with Crippen LogP contribution in [0.15, 0.2) is 18.2 Å². The first kappa shape index (κ1) is 10.1. The van der Waals surface area contributed by atoms with Crippen molar-refractivity contribution >= 4 is 5.78 Å². The van der Waals surface area contributed by atoms with Crippen molar-refractivity contribution in [3.05, 3.63) is 29.6 Å². The van der Waals surface area contributed by atoms with Gasteiger partial charge in [-0.15, -0.1) is 0 Å². The molecule has 1 aliphatic heterocycles. The summed E-state index contributed by atoms with van der Waals surface area (Å²) in [6.45, 7) is 3.69. The van der Waals surface area contributed by atoms with Gasteiger partial charge < -0.3 is 4.74 Å². The second-order valence-corrected chi connectivity index (χ2v) is 4.12. The van der Waals surface area contributed by atoms with Crippen LogP contribution in [0.3, 0.4) is 0 Å². The van der Waals surface area contributed by atoms with E-state index in [1.165, 1.54) is 12.1 Å². The summed E-state index contributed by atoms with van der Waals surface area (Å²) in [6, 6.07) is 4.41. The summed E-state index contributed by atoms with van der Waals surface area (Å²) in [5.41, 5.74) is 0.912. The van der Waals surface area contributed by atoms with Crippen LogP contribution in [0.4, 0.5) is 4.39 Å². The zero-order valence-electron chi connectivity index (χ0n) is 8.79. The molecule has 0 saturated carbocycles. The van der Waals surface area contributed by atoms with Crippen LogP contribution in [0.5, 0.6) is 5.75 Å². The Bertz CT molecular complexity index is 399. The lowest BCUT2D eigenvalue weighted by Crippen LogP contribution is -2.29. The monoisotopic (exact) mass is 208 g/mol. The number of carbonyl (C=O) groups is 1. The molecule has 1 aromatic carbocycles. The SMILES string of the molecule is CC(C)C(=O)C1Cc2ccc(F)cc2O1. The molecule has 2 nitrogen and oxygen atoms in total. The lowest BCUT2D eigenvalue weighted by molar-refractivity contribution is -0.128. The fourth-order valence-electron chi connectivity index (χ4n) is 1.73. The summed E-state index contributed by atoms with van der Waals surface area (Å²) in [5, 5.41) is 0. The molecule has 0 aromatic heterocycles. The summed E-state index contributed by atoms with van der Waals surface area (Å²) in [4.78, 5) is 11.7. The van der Waals surface area contributed by atoms with Crippen LogP contribution in [0, 0.1) is 11.7 Å². The highest BCUT2D eigenvalue weighted by Gasteiger charge is 2.30. The van der Waals surface area contributed by atoms with Gasteiger partial charge in [-0.3, -0.25) is 4.79 Å². The van der Waals surface area contributed by atoms with Crippen molar-refractivity contribution in [2.24, 2.45) is 5.92 Å². The maximum absolute atomic E-state index is 12.9. The molecule has 2 rings (SSSR count). The third kappa shape index (κ3) is 1.87. The van der Waals surface area contributed by atoms with Crippen molar-refractivity contribution in [3.8, 4) is 5.75 Å². The quantitative estimate of drug-likeness (QED) is 0.745. The fraction of sp³-hybridized carbons (Fsp3) is 0.417. The topological polar surface area (TPSA) is 26.3 Å². The molecule has 1 atom stereocenters. The number of hydrogen-bond acceptors (Lipinski definition) is 2. The average molecular weight is 208 g/mol. The molecule has 80 valence electrons. The molecular weight excluding hydrogens is 195 g/mol. The van der Waals surface area contributed by atoms with Gasteiger partial charge in [0.2, 0.25) is 0 Å². The van der Waals surface area contributed by atoms with Crippen molar-refractivity contribution in [1.29, 1.82) is 0 Å². The lowest BCUT2D eigenvalue weighted by Gasteiger charge is -2.11. The van der Waals surface area contributed by atoms with E-state index in [0.717, 1.165) is 5.56 Å². The normalized spacial score (nSPS) is 18.8. The van der Waals surface area contributed by atoms with Crippen LogP contribution in [0.25, 0.3) is 0 Å². The molecule has 0 saturated heterocycles. The number of rotatable bonds is 2. The number of benzene rings is 1.